The molecule has 1 N–H and O–H groups in total. The number of carbonyl (C=O) groups excluding carboxylic acids is 1. The molecule has 0 unspecified atom stereocenters. The van der Waals surface area contributed by atoms with Gasteiger partial charge in [-0.15, -0.1) is 11.3 Å². The van der Waals surface area contributed by atoms with Gasteiger partial charge < -0.3 is 0 Å². The van der Waals surface area contributed by atoms with Crippen LogP contribution in [0.15, 0.2) is 35.7 Å². The summed E-state index contributed by atoms with van der Waals surface area (Å²) in [4.78, 5) is 26.4. The number of hydrogen-bond acceptors (Lipinski definition) is 6. The highest BCUT2D eigenvalue weighted by Crippen LogP contribution is 2.28. The van der Waals surface area contributed by atoms with E-state index in [0.29, 0.717) is 11.3 Å². The molecule has 0 spiro atoms. The predicted octanol–water partition coefficient (Wildman–Crippen LogP) is 4.31. The van der Waals surface area contributed by atoms with Crippen LogP contribution in [0.2, 0.25) is 0 Å². The number of nitrogens with zero attached hydrogens (tertiary/aromatic N) is 2. The molecule has 0 aliphatic rings. The number of rotatable bonds is 4. The highest BCUT2D eigenvalue weighted by molar-refractivity contribution is 7.17. The summed E-state index contributed by atoms with van der Waals surface area (Å²) in [6.45, 7) is 0. The fraction of sp³-hybridized carbons (Fsp3) is 0. The number of nitrogens with one attached hydrogen (secondary N) is 1. The maximum Gasteiger partial charge on any atom is 0.324 e. The van der Waals surface area contributed by atoms with Crippen molar-refractivity contribution in [3.63, 3.8) is 0 Å². The van der Waals surface area contributed by atoms with Crippen LogP contribution in [0.5, 0.6) is 0 Å². The van der Waals surface area contributed by atoms with Crippen LogP contribution in [0.1, 0.15) is 9.67 Å². The summed E-state index contributed by atoms with van der Waals surface area (Å²) < 4.78 is 26.2. The molecule has 0 aliphatic carbocycles. The SMILES string of the molecule is O=C(Nc1nc(-c2ccc(F)c(F)c2)cs1)c1ccc([N+](=O)[O-])s1. The quantitative estimate of drug-likeness (QED) is 0.550. The summed E-state index contributed by atoms with van der Waals surface area (Å²) in [5.41, 5.74) is 0.753. The maximum atomic E-state index is 13.2. The number of hydrogen-bond donors (Lipinski definition) is 1. The second-order valence-electron chi connectivity index (χ2n) is 4.52. The second-order valence-corrected chi connectivity index (χ2v) is 6.44. The molecule has 2 aromatic heterocycles. The van der Waals surface area contributed by atoms with Crippen LogP contribution in [0, 0.1) is 21.7 Å². The Balaban J connectivity index is 1.76. The van der Waals surface area contributed by atoms with Crippen LogP contribution < -0.4 is 5.32 Å². The van der Waals surface area contributed by atoms with E-state index in [9.17, 15) is 23.7 Å². The Bertz CT molecular complexity index is 939. The molecule has 0 bridgehead atoms. The van der Waals surface area contributed by atoms with E-state index in [1.807, 2.05) is 0 Å². The van der Waals surface area contributed by atoms with Crippen molar-refractivity contribution < 1.29 is 18.5 Å². The van der Waals surface area contributed by atoms with Gasteiger partial charge in [0.05, 0.1) is 15.5 Å². The molecule has 2 heterocycles. The number of aromatic nitrogens is 1. The van der Waals surface area contributed by atoms with E-state index in [1.54, 1.807) is 5.38 Å². The number of benzene rings is 1. The Hall–Kier alpha value is -2.72. The van der Waals surface area contributed by atoms with Gasteiger partial charge in [-0.1, -0.05) is 11.3 Å². The van der Waals surface area contributed by atoms with Crippen molar-refractivity contribution >= 4 is 38.7 Å². The van der Waals surface area contributed by atoms with Gasteiger partial charge in [-0.2, -0.15) is 0 Å². The van der Waals surface area contributed by atoms with Crippen LogP contribution in [0.4, 0.5) is 18.9 Å². The zero-order valence-corrected chi connectivity index (χ0v) is 13.3. The van der Waals surface area contributed by atoms with Gasteiger partial charge in [0, 0.05) is 17.0 Å². The third-order valence-electron chi connectivity index (χ3n) is 2.94. The first-order valence-corrected chi connectivity index (χ1v) is 8.10. The lowest BCUT2D eigenvalue weighted by atomic mass is 10.2. The van der Waals surface area contributed by atoms with Gasteiger partial charge in [0.2, 0.25) is 0 Å². The molecular formula is C14H7F2N3O3S2. The summed E-state index contributed by atoms with van der Waals surface area (Å²) in [6.07, 6.45) is 0. The lowest BCUT2D eigenvalue weighted by Crippen LogP contribution is -2.09. The Morgan fingerprint density at radius 1 is 1.21 bits per heavy atom. The lowest BCUT2D eigenvalue weighted by molar-refractivity contribution is -0.380. The first-order chi connectivity index (χ1) is 11.4. The molecule has 0 radical (unpaired) electrons. The van der Waals surface area contributed by atoms with Crippen LogP contribution in [-0.4, -0.2) is 15.8 Å². The van der Waals surface area contributed by atoms with Crippen molar-refractivity contribution in [3.8, 4) is 11.3 Å². The third-order valence-corrected chi connectivity index (χ3v) is 4.73. The maximum absolute atomic E-state index is 13.2. The average Bonchev–Trinajstić information content (AvgIpc) is 3.19. The first-order valence-electron chi connectivity index (χ1n) is 6.40. The summed E-state index contributed by atoms with van der Waals surface area (Å²) in [5, 5.41) is 14.8. The van der Waals surface area contributed by atoms with E-state index in [2.05, 4.69) is 10.3 Å². The summed E-state index contributed by atoms with van der Waals surface area (Å²) in [5.74, 6) is -2.47. The lowest BCUT2D eigenvalue weighted by Gasteiger charge is -1.99. The van der Waals surface area contributed by atoms with Gasteiger partial charge in [0.15, 0.2) is 16.8 Å². The Labute approximate surface area is 141 Å². The van der Waals surface area contributed by atoms with Crippen molar-refractivity contribution in [2.24, 2.45) is 0 Å². The Morgan fingerprint density at radius 2 is 2.00 bits per heavy atom. The average molecular weight is 367 g/mol. The number of nitro groups is 1. The molecule has 0 aliphatic heterocycles. The van der Waals surface area contributed by atoms with Crippen LogP contribution in [-0.2, 0) is 0 Å². The molecule has 3 rings (SSSR count). The molecule has 0 saturated carbocycles. The normalized spacial score (nSPS) is 10.6. The van der Waals surface area contributed by atoms with Gasteiger partial charge in [-0.25, -0.2) is 13.8 Å². The zero-order chi connectivity index (χ0) is 17.3. The summed E-state index contributed by atoms with van der Waals surface area (Å²) in [7, 11) is 0. The minimum Gasteiger partial charge on any atom is -0.297 e. The van der Waals surface area contributed by atoms with E-state index in [4.69, 9.17) is 0 Å². The monoisotopic (exact) mass is 367 g/mol. The van der Waals surface area contributed by atoms with E-state index >= 15 is 0 Å². The van der Waals surface area contributed by atoms with Crippen molar-refractivity contribution in [3.05, 3.63) is 62.3 Å². The van der Waals surface area contributed by atoms with Crippen LogP contribution in [0.25, 0.3) is 11.3 Å². The fourth-order valence-electron chi connectivity index (χ4n) is 1.83. The predicted molar refractivity (Wildman–Crippen MR) is 86.4 cm³/mol. The number of halogens is 2. The molecule has 3 aromatic rings. The minimum atomic E-state index is -0.989. The molecule has 122 valence electrons. The molecule has 1 amide bonds. The first kappa shape index (κ1) is 16.1. The zero-order valence-electron chi connectivity index (χ0n) is 11.7. The second kappa shape index (κ2) is 6.42. The van der Waals surface area contributed by atoms with Gasteiger partial charge in [0.25, 0.3) is 5.91 Å². The minimum absolute atomic E-state index is 0.137. The van der Waals surface area contributed by atoms with Crippen molar-refractivity contribution in [2.45, 2.75) is 0 Å². The van der Waals surface area contributed by atoms with Crippen molar-refractivity contribution in [1.82, 2.24) is 4.98 Å². The van der Waals surface area contributed by atoms with Gasteiger partial charge in [0.1, 0.15) is 0 Å². The van der Waals surface area contributed by atoms with Gasteiger partial charge >= 0.3 is 5.00 Å². The van der Waals surface area contributed by atoms with E-state index in [0.717, 1.165) is 34.8 Å². The van der Waals surface area contributed by atoms with Gasteiger partial charge in [-0.05, 0) is 24.3 Å². The van der Waals surface area contributed by atoms with Crippen LogP contribution >= 0.6 is 22.7 Å². The highest BCUT2D eigenvalue weighted by atomic mass is 32.1. The smallest absolute Gasteiger partial charge is 0.297 e. The number of thiazole rings is 1. The Kier molecular flexibility index (Phi) is 4.32. The van der Waals surface area contributed by atoms with Crippen molar-refractivity contribution in [1.29, 1.82) is 0 Å². The number of thiophene rings is 1. The number of amides is 1. The largest absolute Gasteiger partial charge is 0.324 e. The van der Waals surface area contributed by atoms with E-state index < -0.39 is 22.5 Å². The number of carbonyl (C=O) groups is 1. The molecule has 0 saturated heterocycles. The van der Waals surface area contributed by atoms with E-state index in [-0.39, 0.29) is 15.0 Å². The van der Waals surface area contributed by atoms with Gasteiger partial charge in [-0.3, -0.25) is 20.2 Å². The molecule has 24 heavy (non-hydrogen) atoms. The molecule has 1 aromatic carbocycles. The molecule has 10 heteroatoms. The summed E-state index contributed by atoms with van der Waals surface area (Å²) in [6, 6.07) is 5.98. The number of anilines is 1. The molecular weight excluding hydrogens is 360 g/mol. The standard InChI is InChI=1S/C14H7F2N3O3S2/c15-8-2-1-7(5-9(8)16)10-6-23-14(17-10)18-13(20)11-3-4-12(24-11)19(21)22/h1-6H,(H,17,18,20). The van der Waals surface area contributed by atoms with Crippen LogP contribution in [0.3, 0.4) is 0 Å². The molecule has 0 fully saturated rings. The summed E-state index contributed by atoms with van der Waals surface area (Å²) >= 11 is 1.85. The Morgan fingerprint density at radius 3 is 2.67 bits per heavy atom. The molecule has 6 nitrogen and oxygen atoms in total. The highest BCUT2D eigenvalue weighted by Gasteiger charge is 2.17. The third kappa shape index (κ3) is 3.29. The molecule has 0 atom stereocenters. The van der Waals surface area contributed by atoms with Crippen molar-refractivity contribution in [2.75, 3.05) is 5.32 Å². The van der Waals surface area contributed by atoms with E-state index in [1.165, 1.54) is 18.2 Å². The topological polar surface area (TPSA) is 85.1 Å². The fourth-order valence-corrected chi connectivity index (χ4v) is 3.26.